The van der Waals surface area contributed by atoms with Crippen LogP contribution in [-0.2, 0) is 0 Å². The molecule has 0 saturated heterocycles. The fourth-order valence-electron chi connectivity index (χ4n) is 1.89. The summed E-state index contributed by atoms with van der Waals surface area (Å²) < 4.78 is 6.92. The first kappa shape index (κ1) is 11.3. The van der Waals surface area contributed by atoms with Gasteiger partial charge in [0.15, 0.2) is 5.76 Å². The van der Waals surface area contributed by atoms with Gasteiger partial charge < -0.3 is 14.1 Å². The number of benzene rings is 1. The number of hydrogen-bond donors (Lipinski definition) is 1. The van der Waals surface area contributed by atoms with Crippen molar-refractivity contribution in [2.75, 3.05) is 0 Å². The maximum absolute atomic E-state index is 11.2. The van der Waals surface area contributed by atoms with Gasteiger partial charge in [-0.3, -0.25) is 0 Å². The van der Waals surface area contributed by atoms with Crippen LogP contribution in [0.5, 0.6) is 0 Å². The highest BCUT2D eigenvalue weighted by Crippen LogP contribution is 2.21. The summed E-state index contributed by atoms with van der Waals surface area (Å²) in [7, 11) is 0. The Kier molecular flexibility index (Phi) is 2.64. The Hall–Kier alpha value is -2.82. The first-order valence-corrected chi connectivity index (χ1v) is 5.66. The fourth-order valence-corrected chi connectivity index (χ4v) is 1.89. The lowest BCUT2D eigenvalue weighted by Crippen LogP contribution is -2.03. The lowest BCUT2D eigenvalue weighted by Gasteiger charge is -2.05. The van der Waals surface area contributed by atoms with Crippen molar-refractivity contribution >= 4 is 5.97 Å². The van der Waals surface area contributed by atoms with Crippen LogP contribution >= 0.6 is 0 Å². The molecular formula is C14H10N2O3. The molecule has 1 N–H and O–H groups in total. The smallest absolute Gasteiger partial charge is 0.337 e. The van der Waals surface area contributed by atoms with E-state index in [0.29, 0.717) is 17.1 Å². The summed E-state index contributed by atoms with van der Waals surface area (Å²) in [5.41, 5.74) is 1.45. The van der Waals surface area contributed by atoms with Crippen molar-refractivity contribution in [2.45, 2.75) is 0 Å². The van der Waals surface area contributed by atoms with Crippen LogP contribution in [0.15, 0.2) is 59.6 Å². The van der Waals surface area contributed by atoms with Gasteiger partial charge in [-0.2, -0.15) is 0 Å². The average molecular weight is 254 g/mol. The van der Waals surface area contributed by atoms with Gasteiger partial charge in [0, 0.05) is 6.20 Å². The molecule has 0 aliphatic carbocycles. The van der Waals surface area contributed by atoms with Gasteiger partial charge in [0.2, 0.25) is 0 Å². The summed E-state index contributed by atoms with van der Waals surface area (Å²) in [6, 6.07) is 10.3. The second kappa shape index (κ2) is 4.45. The summed E-state index contributed by atoms with van der Waals surface area (Å²) in [6.07, 6.45) is 4.87. The lowest BCUT2D eigenvalue weighted by atomic mass is 10.2. The molecule has 0 atom stereocenters. The van der Waals surface area contributed by atoms with E-state index in [0.717, 1.165) is 0 Å². The number of carboxylic acid groups (broad SMARTS) is 1. The molecule has 5 heteroatoms. The van der Waals surface area contributed by atoms with Crippen LogP contribution in [0.1, 0.15) is 10.4 Å². The largest absolute Gasteiger partial charge is 0.478 e. The monoisotopic (exact) mass is 254 g/mol. The molecule has 0 aliphatic heterocycles. The summed E-state index contributed by atoms with van der Waals surface area (Å²) in [4.78, 5) is 15.4. The molecule has 0 spiro atoms. The predicted octanol–water partition coefficient (Wildman–Crippen LogP) is 2.83. The Balaban J connectivity index is 2.06. The number of aromatic carboxylic acids is 1. The van der Waals surface area contributed by atoms with E-state index < -0.39 is 5.97 Å². The lowest BCUT2D eigenvalue weighted by molar-refractivity contribution is 0.0697. The molecule has 0 unspecified atom stereocenters. The van der Waals surface area contributed by atoms with E-state index in [4.69, 9.17) is 9.52 Å². The van der Waals surface area contributed by atoms with E-state index >= 15 is 0 Å². The zero-order valence-electron chi connectivity index (χ0n) is 9.85. The summed E-state index contributed by atoms with van der Waals surface area (Å²) in [5, 5.41) is 9.17. The Morgan fingerprint density at radius 3 is 2.79 bits per heavy atom. The second-order valence-corrected chi connectivity index (χ2v) is 3.97. The molecule has 0 radical (unpaired) electrons. The highest BCUT2D eigenvalue weighted by Gasteiger charge is 2.12. The van der Waals surface area contributed by atoms with Crippen LogP contribution in [0, 0.1) is 0 Å². The molecule has 94 valence electrons. The number of hydrogen-bond acceptors (Lipinski definition) is 3. The number of furan rings is 1. The maximum Gasteiger partial charge on any atom is 0.337 e. The van der Waals surface area contributed by atoms with Crippen molar-refractivity contribution in [3.05, 3.63) is 60.7 Å². The minimum atomic E-state index is -0.969. The molecule has 0 saturated carbocycles. The summed E-state index contributed by atoms with van der Waals surface area (Å²) >= 11 is 0. The first-order chi connectivity index (χ1) is 9.25. The van der Waals surface area contributed by atoms with Crippen LogP contribution in [0.4, 0.5) is 0 Å². The molecule has 0 bridgehead atoms. The van der Waals surface area contributed by atoms with E-state index in [1.54, 1.807) is 59.8 Å². The number of rotatable bonds is 3. The first-order valence-electron chi connectivity index (χ1n) is 5.66. The minimum Gasteiger partial charge on any atom is -0.478 e. The van der Waals surface area contributed by atoms with Gasteiger partial charge in [-0.15, -0.1) is 0 Å². The van der Waals surface area contributed by atoms with Crippen LogP contribution in [-0.4, -0.2) is 20.6 Å². The van der Waals surface area contributed by atoms with Gasteiger partial charge in [0.05, 0.1) is 17.5 Å². The quantitative estimate of drug-likeness (QED) is 0.780. The molecule has 2 aromatic heterocycles. The molecule has 19 heavy (non-hydrogen) atoms. The Morgan fingerprint density at radius 2 is 2.05 bits per heavy atom. The van der Waals surface area contributed by atoms with Gasteiger partial charge in [-0.1, -0.05) is 12.1 Å². The Labute approximate surface area is 108 Å². The van der Waals surface area contributed by atoms with E-state index in [1.807, 2.05) is 0 Å². The number of aromatic nitrogens is 2. The Morgan fingerprint density at radius 1 is 1.21 bits per heavy atom. The molecular weight excluding hydrogens is 244 g/mol. The van der Waals surface area contributed by atoms with Crippen molar-refractivity contribution in [2.24, 2.45) is 0 Å². The normalized spacial score (nSPS) is 10.5. The highest BCUT2D eigenvalue weighted by atomic mass is 16.4. The van der Waals surface area contributed by atoms with Gasteiger partial charge in [-0.05, 0) is 24.3 Å². The number of carboxylic acids is 1. The molecule has 5 nitrogen and oxygen atoms in total. The van der Waals surface area contributed by atoms with Crippen molar-refractivity contribution in [3.63, 3.8) is 0 Å². The number of carbonyl (C=O) groups is 1. The molecule has 3 rings (SSSR count). The van der Waals surface area contributed by atoms with E-state index in [9.17, 15) is 4.79 Å². The van der Waals surface area contributed by atoms with Gasteiger partial charge in [0.25, 0.3) is 0 Å². The fraction of sp³-hybridized carbons (Fsp3) is 0. The van der Waals surface area contributed by atoms with E-state index in [1.165, 1.54) is 0 Å². The topological polar surface area (TPSA) is 68.3 Å². The van der Waals surface area contributed by atoms with Crippen LogP contribution in [0.2, 0.25) is 0 Å². The SMILES string of the molecule is O=C(O)c1ccccc1-n1cnc(-c2ccco2)c1. The molecule has 2 heterocycles. The van der Waals surface area contributed by atoms with Crippen LogP contribution < -0.4 is 0 Å². The summed E-state index contributed by atoms with van der Waals surface area (Å²) in [6.45, 7) is 0. The van der Waals surface area contributed by atoms with Crippen LogP contribution in [0.25, 0.3) is 17.1 Å². The summed E-state index contributed by atoms with van der Waals surface area (Å²) in [5.74, 6) is -0.324. The Bertz CT molecular complexity index is 714. The standard InChI is InChI=1S/C14H10N2O3/c17-14(18)10-4-1-2-5-12(10)16-8-11(15-9-16)13-6-3-7-19-13/h1-9H,(H,17,18). The van der Waals surface area contributed by atoms with Crippen molar-refractivity contribution in [3.8, 4) is 17.1 Å². The van der Waals surface area contributed by atoms with Gasteiger partial charge >= 0.3 is 5.97 Å². The molecule has 0 amide bonds. The maximum atomic E-state index is 11.2. The van der Waals surface area contributed by atoms with Gasteiger partial charge in [0.1, 0.15) is 12.0 Å². The van der Waals surface area contributed by atoms with Crippen molar-refractivity contribution < 1.29 is 14.3 Å². The minimum absolute atomic E-state index is 0.228. The second-order valence-electron chi connectivity index (χ2n) is 3.97. The molecule has 0 fully saturated rings. The molecule has 1 aromatic carbocycles. The zero-order chi connectivity index (χ0) is 13.2. The predicted molar refractivity (Wildman–Crippen MR) is 68.2 cm³/mol. The van der Waals surface area contributed by atoms with Gasteiger partial charge in [-0.25, -0.2) is 9.78 Å². The van der Waals surface area contributed by atoms with Crippen LogP contribution in [0.3, 0.4) is 0 Å². The van der Waals surface area contributed by atoms with E-state index in [-0.39, 0.29) is 5.56 Å². The highest BCUT2D eigenvalue weighted by molar-refractivity contribution is 5.91. The van der Waals surface area contributed by atoms with Crippen molar-refractivity contribution in [1.82, 2.24) is 9.55 Å². The zero-order valence-corrected chi connectivity index (χ0v) is 9.85. The van der Waals surface area contributed by atoms with E-state index in [2.05, 4.69) is 4.98 Å². The third-order valence-electron chi connectivity index (χ3n) is 2.77. The molecule has 0 aliphatic rings. The third kappa shape index (κ3) is 2.01. The van der Waals surface area contributed by atoms with Crippen molar-refractivity contribution in [1.29, 1.82) is 0 Å². The third-order valence-corrected chi connectivity index (χ3v) is 2.77. The number of para-hydroxylation sites is 1. The number of imidazole rings is 1. The average Bonchev–Trinajstić information content (AvgIpc) is 3.09. The molecule has 3 aromatic rings. The number of nitrogens with zero attached hydrogens (tertiary/aromatic N) is 2.